The number of amides is 4. The molecule has 2 fully saturated rings. The number of imide groups is 1. The van der Waals surface area contributed by atoms with Gasteiger partial charge in [-0.3, -0.25) is 19.4 Å². The Bertz CT molecular complexity index is 598. The molecule has 3 rings (SSSR count). The van der Waals surface area contributed by atoms with Gasteiger partial charge in [0, 0.05) is 12.2 Å². The number of anilines is 1. The summed E-state index contributed by atoms with van der Waals surface area (Å²) in [6.45, 7) is 2.10. The number of hydrogen-bond donors (Lipinski definition) is 1. The van der Waals surface area contributed by atoms with E-state index in [1.165, 1.54) is 4.90 Å². The summed E-state index contributed by atoms with van der Waals surface area (Å²) in [5.41, 5.74) is 0.661. The van der Waals surface area contributed by atoms with Crippen molar-refractivity contribution < 1.29 is 14.4 Å². The average Bonchev–Trinajstić information content (AvgIpc) is 3.32. The second-order valence-corrected chi connectivity index (χ2v) is 5.84. The Morgan fingerprint density at radius 1 is 1.23 bits per heavy atom. The molecule has 0 unspecified atom stereocenters. The van der Waals surface area contributed by atoms with Gasteiger partial charge >= 0.3 is 6.03 Å². The highest BCUT2D eigenvalue weighted by Crippen LogP contribution is 2.28. The number of nitrogens with one attached hydrogen (secondary N) is 1. The van der Waals surface area contributed by atoms with E-state index in [-0.39, 0.29) is 18.4 Å². The van der Waals surface area contributed by atoms with Crippen LogP contribution in [-0.2, 0) is 9.59 Å². The molecule has 0 aromatic heterocycles. The zero-order chi connectivity index (χ0) is 15.7. The molecule has 1 aliphatic heterocycles. The van der Waals surface area contributed by atoms with Crippen molar-refractivity contribution in [3.05, 3.63) is 30.3 Å². The maximum atomic E-state index is 12.5. The third-order valence-corrected chi connectivity index (χ3v) is 4.07. The van der Waals surface area contributed by atoms with Gasteiger partial charge in [-0.25, -0.2) is 4.79 Å². The van der Waals surface area contributed by atoms with Crippen LogP contribution in [0.3, 0.4) is 0 Å². The van der Waals surface area contributed by atoms with Crippen LogP contribution >= 0.6 is 0 Å². The lowest BCUT2D eigenvalue weighted by Crippen LogP contribution is -2.42. The number of para-hydroxylation sites is 1. The molecule has 0 radical (unpaired) electrons. The van der Waals surface area contributed by atoms with Gasteiger partial charge in [0.1, 0.15) is 12.6 Å². The van der Waals surface area contributed by atoms with Crippen molar-refractivity contribution in [3.63, 3.8) is 0 Å². The van der Waals surface area contributed by atoms with E-state index in [1.54, 1.807) is 19.1 Å². The van der Waals surface area contributed by atoms with Crippen molar-refractivity contribution in [2.24, 2.45) is 5.92 Å². The van der Waals surface area contributed by atoms with Crippen molar-refractivity contribution >= 4 is 23.5 Å². The molecule has 1 saturated heterocycles. The molecule has 1 aromatic carbocycles. The van der Waals surface area contributed by atoms with Crippen molar-refractivity contribution in [1.29, 1.82) is 0 Å². The Kier molecular flexibility index (Phi) is 3.83. The van der Waals surface area contributed by atoms with Gasteiger partial charge in [0.15, 0.2) is 0 Å². The fraction of sp³-hybridized carbons (Fsp3) is 0.438. The van der Waals surface area contributed by atoms with E-state index in [0.717, 1.165) is 17.7 Å². The third-order valence-electron chi connectivity index (χ3n) is 4.07. The number of urea groups is 1. The summed E-state index contributed by atoms with van der Waals surface area (Å²) in [5, 5.41) is 2.78. The fourth-order valence-corrected chi connectivity index (χ4v) is 2.57. The molecule has 1 saturated carbocycles. The topological polar surface area (TPSA) is 69.7 Å². The van der Waals surface area contributed by atoms with Crippen LogP contribution in [0.2, 0.25) is 0 Å². The van der Waals surface area contributed by atoms with Crippen LogP contribution in [0, 0.1) is 5.92 Å². The highest BCUT2D eigenvalue weighted by atomic mass is 16.2. The average molecular weight is 301 g/mol. The van der Waals surface area contributed by atoms with Crippen molar-refractivity contribution in [2.75, 3.05) is 18.0 Å². The van der Waals surface area contributed by atoms with Crippen LogP contribution in [0.25, 0.3) is 0 Å². The van der Waals surface area contributed by atoms with Gasteiger partial charge in [-0.15, -0.1) is 0 Å². The number of nitrogens with zero attached hydrogens (tertiary/aromatic N) is 2. The molecule has 22 heavy (non-hydrogen) atoms. The minimum Gasteiger partial charge on any atom is -0.354 e. The lowest BCUT2D eigenvalue weighted by atomic mass is 10.2. The number of carbonyl (C=O) groups is 3. The Balaban J connectivity index is 1.68. The van der Waals surface area contributed by atoms with Gasteiger partial charge in [-0.2, -0.15) is 0 Å². The summed E-state index contributed by atoms with van der Waals surface area (Å²) in [6, 6.07) is 7.99. The molecule has 1 heterocycles. The minimum absolute atomic E-state index is 0.210. The van der Waals surface area contributed by atoms with Crippen LogP contribution in [0.1, 0.15) is 19.8 Å². The molecule has 1 atom stereocenters. The number of carbonyl (C=O) groups excluding carboxylic acids is 3. The third kappa shape index (κ3) is 2.81. The van der Waals surface area contributed by atoms with Crippen LogP contribution in [-0.4, -0.2) is 41.9 Å². The molecule has 0 spiro atoms. The lowest BCUT2D eigenvalue weighted by Gasteiger charge is -2.19. The molecular formula is C16H19N3O3. The summed E-state index contributed by atoms with van der Waals surface area (Å²) >= 11 is 0. The molecular weight excluding hydrogens is 282 g/mol. The molecule has 1 N–H and O–H groups in total. The Morgan fingerprint density at radius 2 is 1.91 bits per heavy atom. The number of benzene rings is 1. The fourth-order valence-electron chi connectivity index (χ4n) is 2.57. The molecule has 6 nitrogen and oxygen atoms in total. The minimum atomic E-state index is -0.592. The van der Waals surface area contributed by atoms with Gasteiger partial charge in [0.05, 0.1) is 0 Å². The van der Waals surface area contributed by atoms with Crippen LogP contribution in [0.5, 0.6) is 0 Å². The lowest BCUT2D eigenvalue weighted by molar-refractivity contribution is -0.131. The van der Waals surface area contributed by atoms with Crippen molar-refractivity contribution in [1.82, 2.24) is 10.2 Å². The first-order valence-electron chi connectivity index (χ1n) is 7.54. The first kappa shape index (κ1) is 14.6. The molecule has 2 aliphatic rings. The summed E-state index contributed by atoms with van der Waals surface area (Å²) in [5.74, 6) is -0.0557. The molecule has 4 amide bonds. The van der Waals surface area contributed by atoms with E-state index in [9.17, 15) is 14.4 Å². The van der Waals surface area contributed by atoms with Gasteiger partial charge in [0.25, 0.3) is 5.91 Å². The smallest absolute Gasteiger partial charge is 0.332 e. The molecule has 6 heteroatoms. The zero-order valence-corrected chi connectivity index (χ0v) is 12.5. The predicted octanol–water partition coefficient (Wildman–Crippen LogP) is 1.37. The largest absolute Gasteiger partial charge is 0.354 e. The molecule has 116 valence electrons. The summed E-state index contributed by atoms with van der Waals surface area (Å²) in [4.78, 5) is 39.1. The summed E-state index contributed by atoms with van der Waals surface area (Å²) in [6.07, 6.45) is 2.28. The predicted molar refractivity (Wildman–Crippen MR) is 81.2 cm³/mol. The van der Waals surface area contributed by atoms with Crippen LogP contribution in [0.15, 0.2) is 30.3 Å². The summed E-state index contributed by atoms with van der Waals surface area (Å²) < 4.78 is 0. The van der Waals surface area contributed by atoms with Crippen LogP contribution < -0.4 is 10.2 Å². The quantitative estimate of drug-likeness (QED) is 0.835. The van der Waals surface area contributed by atoms with E-state index < -0.39 is 12.1 Å². The van der Waals surface area contributed by atoms with Gasteiger partial charge in [-0.1, -0.05) is 18.2 Å². The van der Waals surface area contributed by atoms with E-state index >= 15 is 0 Å². The van der Waals surface area contributed by atoms with Crippen LogP contribution in [0.4, 0.5) is 10.5 Å². The number of rotatable bonds is 5. The monoisotopic (exact) mass is 301 g/mol. The highest BCUT2D eigenvalue weighted by molar-refractivity contribution is 6.15. The Morgan fingerprint density at radius 3 is 2.55 bits per heavy atom. The molecule has 1 aromatic rings. The molecule has 1 aliphatic carbocycles. The standard InChI is InChI=1S/C16H19N3O3/c1-11-15(21)18(10-14(20)17-9-12-7-8-12)16(22)19(11)13-5-3-2-4-6-13/h2-6,11-12H,7-10H2,1H3,(H,17,20)/t11-/m1/s1. The normalized spacial score (nSPS) is 21.4. The first-order chi connectivity index (χ1) is 10.6. The maximum absolute atomic E-state index is 12.5. The Labute approximate surface area is 129 Å². The maximum Gasteiger partial charge on any atom is 0.332 e. The van der Waals surface area contributed by atoms with E-state index in [1.807, 2.05) is 18.2 Å². The summed E-state index contributed by atoms with van der Waals surface area (Å²) in [7, 11) is 0. The number of hydrogen-bond acceptors (Lipinski definition) is 3. The van der Waals surface area contributed by atoms with E-state index in [0.29, 0.717) is 18.2 Å². The second kappa shape index (κ2) is 5.79. The Hall–Kier alpha value is -2.37. The van der Waals surface area contributed by atoms with E-state index in [2.05, 4.69) is 5.32 Å². The molecule has 0 bridgehead atoms. The SMILES string of the molecule is C[C@@H]1C(=O)N(CC(=O)NCC2CC2)C(=O)N1c1ccccc1. The van der Waals surface area contributed by atoms with Gasteiger partial charge in [-0.05, 0) is 37.8 Å². The first-order valence-corrected chi connectivity index (χ1v) is 7.54. The van der Waals surface area contributed by atoms with Gasteiger partial charge in [0.2, 0.25) is 5.91 Å². The van der Waals surface area contributed by atoms with Gasteiger partial charge < -0.3 is 5.32 Å². The zero-order valence-electron chi connectivity index (χ0n) is 12.5. The van der Waals surface area contributed by atoms with Crippen molar-refractivity contribution in [2.45, 2.75) is 25.8 Å². The van der Waals surface area contributed by atoms with E-state index in [4.69, 9.17) is 0 Å². The second-order valence-electron chi connectivity index (χ2n) is 5.84. The highest BCUT2D eigenvalue weighted by Gasteiger charge is 2.44. The van der Waals surface area contributed by atoms with Crippen molar-refractivity contribution in [3.8, 4) is 0 Å².